The van der Waals surface area contributed by atoms with Crippen LogP contribution in [0.25, 0.3) is 6.08 Å². The van der Waals surface area contributed by atoms with Crippen LogP contribution in [0.5, 0.6) is 0 Å². The van der Waals surface area contributed by atoms with E-state index in [9.17, 15) is 4.79 Å². The molecule has 0 N–H and O–H groups in total. The second-order valence-corrected chi connectivity index (χ2v) is 4.32. The van der Waals surface area contributed by atoms with Crippen LogP contribution in [0.15, 0.2) is 20.2 Å². The first-order chi connectivity index (χ1) is 8.27. The van der Waals surface area contributed by atoms with E-state index in [4.69, 9.17) is 8.83 Å². The highest BCUT2D eigenvalue weighted by molar-refractivity contribution is 5.40. The van der Waals surface area contributed by atoms with Crippen LogP contribution in [-0.2, 0) is 6.42 Å². The van der Waals surface area contributed by atoms with E-state index in [0.717, 1.165) is 12.8 Å². The smallest absolute Gasteiger partial charge is 0.395 e. The summed E-state index contributed by atoms with van der Waals surface area (Å²) in [6, 6.07) is 0. The molecule has 1 aromatic heterocycles. The molecule has 3 nitrogen and oxygen atoms in total. The highest BCUT2D eigenvalue weighted by atomic mass is 16.6. The molecule has 0 atom stereocenters. The molecule has 1 aromatic rings. The van der Waals surface area contributed by atoms with Gasteiger partial charge in [0.25, 0.3) is 0 Å². The third kappa shape index (κ3) is 5.07. The summed E-state index contributed by atoms with van der Waals surface area (Å²) in [4.78, 5) is 10.9. The number of rotatable bonds is 9. The average molecular weight is 238 g/mol. The first-order valence-electron chi connectivity index (χ1n) is 6.53. The van der Waals surface area contributed by atoms with E-state index in [2.05, 4.69) is 13.5 Å². The first kappa shape index (κ1) is 13.8. The van der Waals surface area contributed by atoms with Crippen molar-refractivity contribution < 1.29 is 8.83 Å². The molecule has 0 bridgehead atoms. The molecule has 0 aliphatic rings. The van der Waals surface area contributed by atoms with Crippen LogP contribution < -0.4 is 5.82 Å². The van der Waals surface area contributed by atoms with Crippen molar-refractivity contribution >= 4 is 6.08 Å². The van der Waals surface area contributed by atoms with Gasteiger partial charge in [-0.3, -0.25) is 0 Å². The van der Waals surface area contributed by atoms with Crippen LogP contribution in [0.2, 0.25) is 0 Å². The Balaban J connectivity index is 2.17. The molecule has 0 fully saturated rings. The predicted octanol–water partition coefficient (Wildman–Crippen LogP) is 4.17. The fraction of sp³-hybridized carbons (Fsp3) is 0.643. The Morgan fingerprint density at radius 3 is 2.35 bits per heavy atom. The third-order valence-corrected chi connectivity index (χ3v) is 2.87. The molecular formula is C14H22O3. The SMILES string of the molecule is C=Cc1oc(=O)oc1CCCCCCCCC. The van der Waals surface area contributed by atoms with Crippen LogP contribution in [-0.4, -0.2) is 0 Å². The minimum Gasteiger partial charge on any atom is -0.395 e. The number of aryl methyl sites for hydroxylation is 1. The molecule has 96 valence electrons. The largest absolute Gasteiger partial charge is 0.519 e. The molecule has 0 amide bonds. The molecular weight excluding hydrogens is 216 g/mol. The predicted molar refractivity (Wildman–Crippen MR) is 69.0 cm³/mol. The lowest BCUT2D eigenvalue weighted by Gasteiger charge is -1.99. The quantitative estimate of drug-likeness (QED) is 0.606. The van der Waals surface area contributed by atoms with Gasteiger partial charge in [0.2, 0.25) is 0 Å². The van der Waals surface area contributed by atoms with E-state index in [-0.39, 0.29) is 0 Å². The lowest BCUT2D eigenvalue weighted by molar-refractivity contribution is 0.370. The molecule has 3 heteroatoms. The highest BCUT2D eigenvalue weighted by Crippen LogP contribution is 2.14. The Labute approximate surface area is 103 Å². The summed E-state index contributed by atoms with van der Waals surface area (Å²) in [5, 5.41) is 0. The van der Waals surface area contributed by atoms with Gasteiger partial charge in [-0.1, -0.05) is 52.0 Å². The van der Waals surface area contributed by atoms with Gasteiger partial charge in [0.05, 0.1) is 0 Å². The normalized spacial score (nSPS) is 10.6. The molecule has 0 saturated heterocycles. The van der Waals surface area contributed by atoms with Crippen molar-refractivity contribution in [1.29, 1.82) is 0 Å². The summed E-state index contributed by atoms with van der Waals surface area (Å²) in [7, 11) is 0. The Bertz CT molecular complexity index is 373. The van der Waals surface area contributed by atoms with Crippen LogP contribution in [0.1, 0.15) is 63.4 Å². The van der Waals surface area contributed by atoms with Crippen molar-refractivity contribution in [3.05, 3.63) is 28.7 Å². The van der Waals surface area contributed by atoms with Gasteiger partial charge in [-0.05, 0) is 12.5 Å². The van der Waals surface area contributed by atoms with Crippen molar-refractivity contribution in [3.63, 3.8) is 0 Å². The number of hydrogen-bond donors (Lipinski definition) is 0. The lowest BCUT2D eigenvalue weighted by Crippen LogP contribution is -1.88. The zero-order chi connectivity index (χ0) is 12.5. The van der Waals surface area contributed by atoms with Gasteiger partial charge in [0.15, 0.2) is 11.5 Å². The summed E-state index contributed by atoms with van der Waals surface area (Å²) < 4.78 is 9.79. The number of hydrogen-bond acceptors (Lipinski definition) is 3. The summed E-state index contributed by atoms with van der Waals surface area (Å²) in [5.41, 5.74) is 0. The molecule has 0 unspecified atom stereocenters. The maximum Gasteiger partial charge on any atom is 0.519 e. The van der Waals surface area contributed by atoms with E-state index >= 15 is 0 Å². The van der Waals surface area contributed by atoms with Gasteiger partial charge in [0.1, 0.15) is 0 Å². The highest BCUT2D eigenvalue weighted by Gasteiger charge is 2.08. The third-order valence-electron chi connectivity index (χ3n) is 2.87. The summed E-state index contributed by atoms with van der Waals surface area (Å²) >= 11 is 0. The average Bonchev–Trinajstić information content (AvgIpc) is 2.68. The Kier molecular flexibility index (Phi) is 6.45. The first-order valence-corrected chi connectivity index (χ1v) is 6.53. The van der Waals surface area contributed by atoms with Crippen molar-refractivity contribution in [2.45, 2.75) is 58.3 Å². The summed E-state index contributed by atoms with van der Waals surface area (Å²) in [6.07, 6.45) is 11.0. The van der Waals surface area contributed by atoms with Gasteiger partial charge >= 0.3 is 5.82 Å². The maximum absolute atomic E-state index is 10.9. The molecule has 1 heterocycles. The molecule has 0 saturated carbocycles. The summed E-state index contributed by atoms with van der Waals surface area (Å²) in [6.45, 7) is 5.81. The van der Waals surface area contributed by atoms with E-state index in [0.29, 0.717) is 11.5 Å². The van der Waals surface area contributed by atoms with E-state index in [1.165, 1.54) is 44.6 Å². The Morgan fingerprint density at radius 2 is 1.71 bits per heavy atom. The van der Waals surface area contributed by atoms with Crippen LogP contribution in [0.3, 0.4) is 0 Å². The zero-order valence-electron chi connectivity index (χ0n) is 10.7. The maximum atomic E-state index is 10.9. The van der Waals surface area contributed by atoms with Gasteiger partial charge in [-0.15, -0.1) is 0 Å². The van der Waals surface area contributed by atoms with E-state index in [1.807, 2.05) is 0 Å². The monoisotopic (exact) mass is 238 g/mol. The van der Waals surface area contributed by atoms with E-state index < -0.39 is 5.82 Å². The standard InChI is InChI=1S/C14H22O3/c1-3-5-6-7-8-9-10-11-13-12(4-2)16-14(15)17-13/h4H,2-3,5-11H2,1H3. The van der Waals surface area contributed by atoms with Crippen molar-refractivity contribution in [2.75, 3.05) is 0 Å². The van der Waals surface area contributed by atoms with Gasteiger partial charge in [0, 0.05) is 6.42 Å². The number of unbranched alkanes of at least 4 members (excludes halogenated alkanes) is 6. The van der Waals surface area contributed by atoms with Crippen molar-refractivity contribution in [2.24, 2.45) is 0 Å². The molecule has 0 radical (unpaired) electrons. The fourth-order valence-electron chi connectivity index (χ4n) is 1.89. The second kappa shape index (κ2) is 7.93. The molecule has 0 aliphatic heterocycles. The molecule has 0 aliphatic carbocycles. The minimum atomic E-state index is -0.627. The minimum absolute atomic E-state index is 0.487. The van der Waals surface area contributed by atoms with Crippen LogP contribution in [0, 0.1) is 0 Å². The summed E-state index contributed by atoms with van der Waals surface area (Å²) in [5.74, 6) is 0.498. The van der Waals surface area contributed by atoms with E-state index in [1.54, 1.807) is 0 Å². The molecule has 0 aromatic carbocycles. The topological polar surface area (TPSA) is 43.4 Å². The Morgan fingerprint density at radius 1 is 1.06 bits per heavy atom. The van der Waals surface area contributed by atoms with Gasteiger partial charge in [-0.25, -0.2) is 4.79 Å². The van der Waals surface area contributed by atoms with Crippen molar-refractivity contribution in [1.82, 2.24) is 0 Å². The van der Waals surface area contributed by atoms with Gasteiger partial charge < -0.3 is 8.83 Å². The second-order valence-electron chi connectivity index (χ2n) is 4.32. The van der Waals surface area contributed by atoms with Gasteiger partial charge in [-0.2, -0.15) is 0 Å². The Hall–Kier alpha value is -1.25. The molecule has 17 heavy (non-hydrogen) atoms. The van der Waals surface area contributed by atoms with Crippen molar-refractivity contribution in [3.8, 4) is 0 Å². The lowest BCUT2D eigenvalue weighted by atomic mass is 10.1. The van der Waals surface area contributed by atoms with Crippen LogP contribution in [0.4, 0.5) is 0 Å². The molecule has 0 spiro atoms. The zero-order valence-corrected chi connectivity index (χ0v) is 10.7. The molecule has 1 rings (SSSR count). The van der Waals surface area contributed by atoms with Crippen LogP contribution >= 0.6 is 0 Å². The fourth-order valence-corrected chi connectivity index (χ4v) is 1.89.